The van der Waals surface area contributed by atoms with Crippen molar-refractivity contribution in [1.82, 2.24) is 9.78 Å². The van der Waals surface area contributed by atoms with Gasteiger partial charge in [0.2, 0.25) is 0 Å². The van der Waals surface area contributed by atoms with E-state index in [1.807, 2.05) is 35.1 Å². The van der Waals surface area contributed by atoms with Crippen molar-refractivity contribution in [2.24, 2.45) is 0 Å². The maximum atomic E-state index is 14.6. The van der Waals surface area contributed by atoms with E-state index < -0.39 is 43.6 Å². The Morgan fingerprint density at radius 2 is 1.67 bits per heavy atom. The molecule has 0 aliphatic carbocycles. The minimum Gasteiger partial charge on any atom is -0.280 e. The van der Waals surface area contributed by atoms with Crippen LogP contribution < -0.4 is 10.3 Å². The van der Waals surface area contributed by atoms with Gasteiger partial charge in [-0.3, -0.25) is 19.3 Å². The van der Waals surface area contributed by atoms with Gasteiger partial charge in [0.15, 0.2) is 0 Å². The highest BCUT2D eigenvalue weighted by molar-refractivity contribution is 7.92. The summed E-state index contributed by atoms with van der Waals surface area (Å²) in [6, 6.07) is 13.1. The van der Waals surface area contributed by atoms with Crippen molar-refractivity contribution in [3.8, 4) is 0 Å². The topological polar surface area (TPSA) is 84.0 Å². The van der Waals surface area contributed by atoms with Crippen LogP contribution in [-0.2, 0) is 16.6 Å². The number of halogens is 3. The van der Waals surface area contributed by atoms with E-state index >= 15 is 0 Å². The highest BCUT2D eigenvalue weighted by Crippen LogP contribution is 2.25. The average molecular weight is 433 g/mol. The van der Waals surface area contributed by atoms with Crippen molar-refractivity contribution in [1.29, 1.82) is 0 Å². The molecule has 0 saturated heterocycles. The van der Waals surface area contributed by atoms with E-state index in [0.717, 1.165) is 29.8 Å². The first-order chi connectivity index (χ1) is 14.2. The molecule has 3 aromatic carbocycles. The van der Waals surface area contributed by atoms with Gasteiger partial charge < -0.3 is 0 Å². The van der Waals surface area contributed by atoms with Crippen molar-refractivity contribution >= 4 is 26.6 Å². The average Bonchev–Trinajstić information content (AvgIpc) is 2.97. The monoisotopic (exact) mass is 433 g/mol. The first-order valence-electron chi connectivity index (χ1n) is 8.68. The molecule has 1 heterocycles. The Kier molecular flexibility index (Phi) is 4.86. The molecule has 30 heavy (non-hydrogen) atoms. The first-order valence-corrected chi connectivity index (χ1v) is 10.2. The number of aromatic amines is 1. The molecular weight excluding hydrogens is 419 g/mol. The Balaban J connectivity index is 1.73. The smallest absolute Gasteiger partial charge is 0.272 e. The zero-order valence-electron chi connectivity index (χ0n) is 15.2. The van der Waals surface area contributed by atoms with Gasteiger partial charge in [-0.2, -0.15) is 0 Å². The lowest BCUT2D eigenvalue weighted by molar-refractivity contribution is 0.550. The van der Waals surface area contributed by atoms with Gasteiger partial charge in [-0.05, 0) is 23.8 Å². The molecule has 10 heteroatoms. The lowest BCUT2D eigenvalue weighted by Gasteiger charge is -2.11. The maximum absolute atomic E-state index is 14.6. The van der Waals surface area contributed by atoms with Gasteiger partial charge in [-0.15, -0.1) is 0 Å². The van der Waals surface area contributed by atoms with Gasteiger partial charge in [0.05, 0.1) is 23.1 Å². The number of hydrogen-bond acceptors (Lipinski definition) is 3. The van der Waals surface area contributed by atoms with E-state index in [1.54, 1.807) is 0 Å². The molecule has 0 amide bonds. The quantitative estimate of drug-likeness (QED) is 0.505. The molecule has 0 spiro atoms. The Morgan fingerprint density at radius 3 is 2.37 bits per heavy atom. The maximum Gasteiger partial charge on any atom is 0.272 e. The number of sulfonamides is 1. The summed E-state index contributed by atoms with van der Waals surface area (Å²) in [5, 5.41) is 2.63. The Bertz CT molecular complexity index is 1410. The van der Waals surface area contributed by atoms with Crippen molar-refractivity contribution in [3.63, 3.8) is 0 Å². The van der Waals surface area contributed by atoms with Gasteiger partial charge >= 0.3 is 0 Å². The van der Waals surface area contributed by atoms with E-state index in [-0.39, 0.29) is 17.4 Å². The Hall–Kier alpha value is -3.53. The minimum absolute atomic E-state index is 0.0459. The Morgan fingerprint density at radius 1 is 0.933 bits per heavy atom. The van der Waals surface area contributed by atoms with Crippen molar-refractivity contribution < 1.29 is 21.6 Å². The van der Waals surface area contributed by atoms with Crippen LogP contribution in [0.5, 0.6) is 0 Å². The second kappa shape index (κ2) is 7.38. The highest BCUT2D eigenvalue weighted by Gasteiger charge is 2.22. The fourth-order valence-corrected chi connectivity index (χ4v) is 4.19. The fourth-order valence-electron chi connectivity index (χ4n) is 3.07. The standard InChI is InChI=1S/C20H14F3N3O3S/c21-13-6-7-19(16(23)8-13)30(28,29)25-17-9-14-18(10-15(17)22)26(24-20(14)27)11-12-4-2-1-3-5-12/h1-10,25H,11H2,(H,24,27). The van der Waals surface area contributed by atoms with Crippen molar-refractivity contribution in [2.45, 2.75) is 11.4 Å². The molecule has 0 aliphatic rings. The van der Waals surface area contributed by atoms with Crippen LogP contribution in [0.4, 0.5) is 18.9 Å². The largest absolute Gasteiger partial charge is 0.280 e. The molecule has 0 unspecified atom stereocenters. The molecule has 0 saturated carbocycles. The van der Waals surface area contributed by atoms with Gasteiger partial charge in [-0.1, -0.05) is 30.3 Å². The molecular formula is C20H14F3N3O3S. The molecule has 0 atom stereocenters. The second-order valence-electron chi connectivity index (χ2n) is 6.54. The zero-order chi connectivity index (χ0) is 21.5. The molecule has 0 fully saturated rings. The van der Waals surface area contributed by atoms with Crippen molar-refractivity contribution in [2.75, 3.05) is 4.72 Å². The third kappa shape index (κ3) is 3.69. The normalized spacial score (nSPS) is 11.7. The minimum atomic E-state index is -4.56. The van der Waals surface area contributed by atoms with E-state index in [4.69, 9.17) is 0 Å². The van der Waals surface area contributed by atoms with Gasteiger partial charge in [0.25, 0.3) is 15.6 Å². The molecule has 1 aromatic heterocycles. The zero-order valence-corrected chi connectivity index (χ0v) is 16.0. The predicted molar refractivity (Wildman–Crippen MR) is 105 cm³/mol. The van der Waals surface area contributed by atoms with E-state index in [2.05, 4.69) is 5.10 Å². The van der Waals surface area contributed by atoms with Crippen LogP contribution >= 0.6 is 0 Å². The van der Waals surface area contributed by atoms with Gasteiger partial charge in [-0.25, -0.2) is 21.6 Å². The summed E-state index contributed by atoms with van der Waals surface area (Å²) in [7, 11) is -4.56. The van der Waals surface area contributed by atoms with Crippen molar-refractivity contribution in [3.05, 3.63) is 94.0 Å². The molecule has 2 N–H and O–H groups in total. The predicted octanol–water partition coefficient (Wildman–Crippen LogP) is 3.60. The number of aromatic nitrogens is 2. The molecule has 4 rings (SSSR count). The van der Waals surface area contributed by atoms with Crippen LogP contribution in [0.25, 0.3) is 10.9 Å². The molecule has 0 radical (unpaired) electrons. The van der Waals surface area contributed by atoms with Crippen LogP contribution in [0.1, 0.15) is 5.56 Å². The molecule has 0 aliphatic heterocycles. The third-order valence-corrected chi connectivity index (χ3v) is 5.87. The van der Waals surface area contributed by atoms with Crippen LogP contribution in [0, 0.1) is 17.5 Å². The molecule has 6 nitrogen and oxygen atoms in total. The number of benzene rings is 3. The summed E-state index contributed by atoms with van der Waals surface area (Å²) in [6.45, 7) is 0.269. The van der Waals surface area contributed by atoms with Gasteiger partial charge in [0, 0.05) is 12.1 Å². The number of anilines is 1. The lowest BCUT2D eigenvalue weighted by Crippen LogP contribution is -2.16. The second-order valence-corrected chi connectivity index (χ2v) is 8.19. The summed E-state index contributed by atoms with van der Waals surface area (Å²) in [4.78, 5) is 11.5. The van der Waals surface area contributed by atoms with Gasteiger partial charge in [0.1, 0.15) is 22.3 Å². The van der Waals surface area contributed by atoms with Crippen LogP contribution in [0.15, 0.2) is 70.4 Å². The van der Waals surface area contributed by atoms with Crippen LogP contribution in [0.3, 0.4) is 0 Å². The number of nitrogens with one attached hydrogen (secondary N) is 2. The number of rotatable bonds is 5. The lowest BCUT2D eigenvalue weighted by atomic mass is 10.2. The summed E-state index contributed by atoms with van der Waals surface area (Å²) in [5.74, 6) is -3.24. The highest BCUT2D eigenvalue weighted by atomic mass is 32.2. The molecule has 4 aromatic rings. The summed E-state index contributed by atoms with van der Waals surface area (Å²) < 4.78 is 69.8. The SMILES string of the molecule is O=c1[nH]n(Cc2ccccc2)c2cc(F)c(NS(=O)(=O)c3ccc(F)cc3F)cc12. The van der Waals surface area contributed by atoms with E-state index in [0.29, 0.717) is 6.07 Å². The van der Waals surface area contributed by atoms with Crippen LogP contribution in [-0.4, -0.2) is 18.2 Å². The number of hydrogen-bond donors (Lipinski definition) is 2. The van der Waals surface area contributed by atoms with Crippen LogP contribution in [0.2, 0.25) is 0 Å². The molecule has 0 bridgehead atoms. The first kappa shape index (κ1) is 19.8. The summed E-state index contributed by atoms with van der Waals surface area (Å²) in [6.07, 6.45) is 0. The number of H-pyrrole nitrogens is 1. The number of fused-ring (bicyclic) bond motifs is 1. The molecule has 154 valence electrons. The van der Waals surface area contributed by atoms with E-state index in [9.17, 15) is 26.4 Å². The fraction of sp³-hybridized carbons (Fsp3) is 0.0500. The third-order valence-electron chi connectivity index (χ3n) is 4.47. The Labute approximate surface area is 168 Å². The van der Waals surface area contributed by atoms with E-state index in [1.165, 1.54) is 4.68 Å². The number of nitrogens with zero attached hydrogens (tertiary/aromatic N) is 1. The summed E-state index contributed by atoms with van der Waals surface area (Å²) in [5.41, 5.74) is 0.0171. The summed E-state index contributed by atoms with van der Waals surface area (Å²) >= 11 is 0.